The quantitative estimate of drug-likeness (QED) is 0.119. The summed E-state index contributed by atoms with van der Waals surface area (Å²) in [5.74, 6) is -1.41. The van der Waals surface area contributed by atoms with E-state index >= 15 is 0 Å². The monoisotopic (exact) mass is 611 g/mol. The third-order valence-electron chi connectivity index (χ3n) is 6.65. The number of ketones is 1. The van der Waals surface area contributed by atoms with Crippen molar-refractivity contribution < 1.29 is 28.7 Å². The second-order valence-electron chi connectivity index (χ2n) is 9.37. The van der Waals surface area contributed by atoms with Crippen LogP contribution >= 0.6 is 15.9 Å². The first kappa shape index (κ1) is 27.1. The summed E-state index contributed by atoms with van der Waals surface area (Å²) >= 11 is 3.12. The Morgan fingerprint density at radius 3 is 2.75 bits per heavy atom. The van der Waals surface area contributed by atoms with Crippen molar-refractivity contribution in [1.29, 1.82) is 0 Å². The maximum atomic E-state index is 14.4. The van der Waals surface area contributed by atoms with Gasteiger partial charge >= 0.3 is 0 Å². The topological polar surface area (TPSA) is 150 Å². The van der Waals surface area contributed by atoms with Crippen LogP contribution in [0, 0.1) is 12.1 Å². The van der Waals surface area contributed by atoms with Crippen molar-refractivity contribution in [3.8, 4) is 11.1 Å². The first-order chi connectivity index (χ1) is 19.0. The molecule has 1 saturated heterocycles. The first-order valence-corrected chi connectivity index (χ1v) is 13.0. The number of benzene rings is 1. The number of halogens is 2. The maximum absolute atomic E-state index is 14.4. The summed E-state index contributed by atoms with van der Waals surface area (Å²) in [5, 5.41) is 26.9. The molecule has 1 aliphatic rings. The predicted octanol–water partition coefficient (Wildman–Crippen LogP) is 2.11. The van der Waals surface area contributed by atoms with Gasteiger partial charge in [-0.15, -0.1) is 0 Å². The van der Waals surface area contributed by atoms with Crippen LogP contribution in [0.4, 0.5) is 4.39 Å². The van der Waals surface area contributed by atoms with Crippen LogP contribution in [0.5, 0.6) is 0 Å². The zero-order valence-corrected chi connectivity index (χ0v) is 22.9. The fraction of sp³-hybridized carbons (Fsp3) is 0.269. The second kappa shape index (κ2) is 10.6. The molecule has 2 atom stereocenters. The van der Waals surface area contributed by atoms with Gasteiger partial charge in [-0.3, -0.25) is 19.1 Å². The highest BCUT2D eigenvalue weighted by molar-refractivity contribution is 9.10. The van der Waals surface area contributed by atoms with Gasteiger partial charge in [-0.2, -0.15) is 14.8 Å². The second-order valence-corrected chi connectivity index (χ2v) is 10.2. The predicted molar refractivity (Wildman–Crippen MR) is 142 cm³/mol. The molecule has 1 aromatic carbocycles. The fourth-order valence-corrected chi connectivity index (χ4v) is 4.95. The molecule has 0 bridgehead atoms. The maximum Gasteiger partial charge on any atom is 0.298 e. The van der Waals surface area contributed by atoms with E-state index in [1.165, 1.54) is 29.9 Å². The highest BCUT2D eigenvalue weighted by Gasteiger charge is 2.40. The molecule has 206 valence electrons. The molecule has 1 aliphatic heterocycles. The van der Waals surface area contributed by atoms with Gasteiger partial charge in [0.1, 0.15) is 35.3 Å². The Morgan fingerprint density at radius 1 is 1.25 bits per heavy atom. The molecule has 1 N–H and O–H groups in total. The zero-order chi connectivity index (χ0) is 28.7. The molecule has 40 heavy (non-hydrogen) atoms. The molecule has 2 amide bonds. The Labute approximate surface area is 234 Å². The molecule has 0 radical (unpaired) electrons. The SMILES string of the molecule is CC(=O)c1nn(CC(=O)N2C[C@H](F)C[C@H]2C(=O)N=c2cccc(Br)n2O)c2ccc(-c3cnc(C)[n+]([O-])c3)cc12. The van der Waals surface area contributed by atoms with E-state index in [-0.39, 0.29) is 46.9 Å². The number of aromatic nitrogens is 5. The Bertz CT molecular complexity index is 1750. The van der Waals surface area contributed by atoms with Gasteiger partial charge in [0.25, 0.3) is 11.7 Å². The number of hydrogen-bond acceptors (Lipinski definition) is 7. The molecule has 4 heterocycles. The summed E-state index contributed by atoms with van der Waals surface area (Å²) in [4.78, 5) is 47.8. The number of Topliss-reactive ketones (excluding diaryl/α,β-unsaturated/α-hetero) is 1. The van der Waals surface area contributed by atoms with E-state index in [1.54, 1.807) is 37.4 Å². The lowest BCUT2D eigenvalue weighted by molar-refractivity contribution is -0.615. The van der Waals surface area contributed by atoms with Crippen molar-refractivity contribution in [3.63, 3.8) is 0 Å². The fourth-order valence-electron chi connectivity index (χ4n) is 4.61. The van der Waals surface area contributed by atoms with E-state index < -0.39 is 24.0 Å². The third-order valence-corrected chi connectivity index (χ3v) is 7.25. The lowest BCUT2D eigenvalue weighted by Gasteiger charge is -2.22. The highest BCUT2D eigenvalue weighted by Crippen LogP contribution is 2.27. The van der Waals surface area contributed by atoms with Crippen LogP contribution in [-0.2, 0) is 16.1 Å². The van der Waals surface area contributed by atoms with Crippen molar-refractivity contribution in [3.05, 3.63) is 75.6 Å². The first-order valence-electron chi connectivity index (χ1n) is 12.2. The molecular weight excluding hydrogens is 589 g/mol. The van der Waals surface area contributed by atoms with Crippen molar-refractivity contribution in [2.75, 3.05) is 6.54 Å². The molecule has 14 heteroatoms. The normalized spacial score (nSPS) is 17.5. The summed E-state index contributed by atoms with van der Waals surface area (Å²) in [5.41, 5.74) is 1.66. The van der Waals surface area contributed by atoms with Crippen LogP contribution < -0.4 is 10.2 Å². The van der Waals surface area contributed by atoms with Crippen molar-refractivity contribution in [2.45, 2.75) is 39.0 Å². The summed E-state index contributed by atoms with van der Waals surface area (Å²) in [6, 6.07) is 8.39. The number of carbonyl (C=O) groups is 3. The van der Waals surface area contributed by atoms with E-state index in [9.17, 15) is 29.2 Å². The molecule has 1 fully saturated rings. The number of alkyl halides is 1. The van der Waals surface area contributed by atoms with E-state index in [4.69, 9.17) is 0 Å². The van der Waals surface area contributed by atoms with Crippen LogP contribution in [0.1, 0.15) is 29.7 Å². The average molecular weight is 612 g/mol. The van der Waals surface area contributed by atoms with Crippen LogP contribution in [-0.4, -0.2) is 66.0 Å². The molecule has 5 rings (SSSR count). The number of hydrogen-bond donors (Lipinski definition) is 1. The van der Waals surface area contributed by atoms with Crippen molar-refractivity contribution in [2.24, 2.45) is 4.99 Å². The number of amides is 2. The van der Waals surface area contributed by atoms with Gasteiger partial charge in [0.05, 0.1) is 17.6 Å². The highest BCUT2D eigenvalue weighted by atomic mass is 79.9. The summed E-state index contributed by atoms with van der Waals surface area (Å²) in [7, 11) is 0. The molecule has 4 aromatic rings. The number of aryl methyl sites for hydroxylation is 1. The number of fused-ring (bicyclic) bond motifs is 1. The minimum atomic E-state index is -1.44. The Balaban J connectivity index is 1.46. The lowest BCUT2D eigenvalue weighted by Crippen LogP contribution is -2.42. The molecule has 12 nitrogen and oxygen atoms in total. The van der Waals surface area contributed by atoms with Gasteiger partial charge in [0.15, 0.2) is 17.5 Å². The summed E-state index contributed by atoms with van der Waals surface area (Å²) < 4.78 is 17.3. The number of pyridine rings is 1. The summed E-state index contributed by atoms with van der Waals surface area (Å²) in [6.45, 7) is 2.26. The number of nitrogens with zero attached hydrogens (tertiary/aromatic N) is 7. The number of rotatable bonds is 5. The summed E-state index contributed by atoms with van der Waals surface area (Å²) in [6.07, 6.45) is 1.25. The van der Waals surface area contributed by atoms with Gasteiger partial charge in [-0.25, -0.2) is 9.12 Å². The van der Waals surface area contributed by atoms with Gasteiger partial charge in [-0.05, 0) is 45.8 Å². The van der Waals surface area contributed by atoms with Gasteiger partial charge in [0, 0.05) is 25.7 Å². The smallest absolute Gasteiger partial charge is 0.298 e. The molecular formula is C26H23BrFN7O5. The Morgan fingerprint density at radius 2 is 2.02 bits per heavy atom. The zero-order valence-electron chi connectivity index (χ0n) is 21.4. The molecule has 3 aromatic heterocycles. The van der Waals surface area contributed by atoms with Crippen LogP contribution in [0.25, 0.3) is 22.0 Å². The van der Waals surface area contributed by atoms with Crippen LogP contribution in [0.2, 0.25) is 0 Å². The van der Waals surface area contributed by atoms with E-state index in [0.29, 0.717) is 31.5 Å². The largest absolute Gasteiger partial charge is 0.711 e. The van der Waals surface area contributed by atoms with E-state index in [2.05, 4.69) is 31.0 Å². The standard InChI is InChI=1S/C26H23BrFN7O5/c1-14(36)25-19-8-16(17-10-29-15(2)34(39)11-17)6-7-20(19)33(31-25)13-24(37)32-12-18(28)9-21(32)26(38)30-23-5-3-4-22(27)35(23)40/h3-8,10-11,18,21,40H,9,12-13H2,1-2H3/t18-,21+/m1/s1. The van der Waals surface area contributed by atoms with Gasteiger partial charge < -0.3 is 15.3 Å². The van der Waals surface area contributed by atoms with E-state index in [0.717, 1.165) is 4.90 Å². The van der Waals surface area contributed by atoms with E-state index in [1.807, 2.05) is 0 Å². The van der Waals surface area contributed by atoms with Crippen molar-refractivity contribution in [1.82, 2.24) is 24.4 Å². The van der Waals surface area contributed by atoms with Crippen molar-refractivity contribution >= 4 is 44.4 Å². The minimum absolute atomic E-state index is 0.0830. The third kappa shape index (κ3) is 5.09. The molecule has 0 saturated carbocycles. The van der Waals surface area contributed by atoms with Crippen LogP contribution in [0.15, 0.2) is 58.4 Å². The Kier molecular flexibility index (Phi) is 7.19. The van der Waals surface area contributed by atoms with Crippen LogP contribution in [0.3, 0.4) is 0 Å². The number of likely N-dealkylation sites (tertiary alicyclic amines) is 1. The average Bonchev–Trinajstić information content (AvgIpc) is 3.49. The number of carbonyl (C=O) groups excluding carboxylic acids is 3. The molecule has 0 aliphatic carbocycles. The molecule has 0 unspecified atom stereocenters. The minimum Gasteiger partial charge on any atom is -0.711 e. The van der Waals surface area contributed by atoms with Gasteiger partial charge in [-0.1, -0.05) is 17.1 Å². The van der Waals surface area contributed by atoms with Gasteiger partial charge in [0.2, 0.25) is 5.91 Å². The lowest BCUT2D eigenvalue weighted by atomic mass is 10.0. The molecule has 0 spiro atoms. The Hall–Kier alpha value is -4.46.